The zero-order valence-corrected chi connectivity index (χ0v) is 16.5. The molecule has 3 aromatic rings. The lowest BCUT2D eigenvalue weighted by Crippen LogP contribution is -2.32. The minimum atomic E-state index is -0.348. The zero-order valence-electron chi connectivity index (χ0n) is 16.5. The Morgan fingerprint density at radius 1 is 0.828 bits per heavy atom. The summed E-state index contributed by atoms with van der Waals surface area (Å²) in [6.45, 7) is 4.06. The molecule has 0 fully saturated rings. The first kappa shape index (κ1) is 18.7. The number of imide groups is 1. The van der Waals surface area contributed by atoms with Crippen molar-refractivity contribution in [3.8, 4) is 0 Å². The van der Waals surface area contributed by atoms with E-state index < -0.39 is 0 Å². The number of aryl methyl sites for hydroxylation is 2. The maximum Gasteiger partial charge on any atom is 0.282 e. The van der Waals surface area contributed by atoms with E-state index in [0.717, 1.165) is 23.2 Å². The van der Waals surface area contributed by atoms with Crippen LogP contribution in [0.25, 0.3) is 5.57 Å². The highest BCUT2D eigenvalue weighted by molar-refractivity contribution is 6.46. The Bertz CT molecular complexity index is 1100. The molecule has 4 heteroatoms. The average Bonchev–Trinajstić information content (AvgIpc) is 2.98. The molecule has 0 aliphatic carbocycles. The van der Waals surface area contributed by atoms with E-state index in [1.165, 1.54) is 4.90 Å². The van der Waals surface area contributed by atoms with Crippen LogP contribution in [0.1, 0.15) is 23.6 Å². The molecule has 1 N–H and O–H groups in total. The van der Waals surface area contributed by atoms with Gasteiger partial charge in [-0.25, -0.2) is 4.90 Å². The Morgan fingerprint density at radius 2 is 1.55 bits per heavy atom. The number of rotatable bonds is 5. The fraction of sp³-hybridized carbons (Fsp3) is 0.120. The summed E-state index contributed by atoms with van der Waals surface area (Å²) >= 11 is 0. The van der Waals surface area contributed by atoms with Crippen molar-refractivity contribution in [2.75, 3.05) is 10.2 Å². The summed E-state index contributed by atoms with van der Waals surface area (Å²) < 4.78 is 0. The molecular weight excluding hydrogens is 360 g/mol. The number of hydrogen-bond donors (Lipinski definition) is 1. The quantitative estimate of drug-likeness (QED) is 0.635. The highest BCUT2D eigenvalue weighted by Crippen LogP contribution is 2.33. The molecule has 0 spiro atoms. The standard InChI is InChI=1S/C25H22N2O2/c1-3-18-12-14-21(15-13-18)27-24(28)22(19-9-5-4-6-10-19)23(25(27)29)26-20-11-7-8-17(2)16-20/h4-16,26H,3H2,1-2H3. The third-order valence-electron chi connectivity index (χ3n) is 5.04. The van der Waals surface area contributed by atoms with Crippen LogP contribution < -0.4 is 10.2 Å². The second kappa shape index (κ2) is 7.76. The van der Waals surface area contributed by atoms with Crippen LogP contribution >= 0.6 is 0 Å². The minimum absolute atomic E-state index is 0.298. The third-order valence-corrected chi connectivity index (χ3v) is 5.04. The van der Waals surface area contributed by atoms with Crippen molar-refractivity contribution in [1.29, 1.82) is 0 Å². The van der Waals surface area contributed by atoms with Gasteiger partial charge in [-0.1, -0.05) is 61.5 Å². The molecule has 0 bridgehead atoms. The van der Waals surface area contributed by atoms with Gasteiger partial charge >= 0.3 is 0 Å². The lowest BCUT2D eigenvalue weighted by atomic mass is 10.0. The van der Waals surface area contributed by atoms with Crippen LogP contribution in [0.15, 0.2) is 84.6 Å². The molecule has 144 valence electrons. The number of nitrogens with zero attached hydrogens (tertiary/aromatic N) is 1. The highest BCUT2D eigenvalue weighted by Gasteiger charge is 2.40. The van der Waals surface area contributed by atoms with Gasteiger partial charge in [-0.3, -0.25) is 9.59 Å². The lowest BCUT2D eigenvalue weighted by molar-refractivity contribution is -0.120. The van der Waals surface area contributed by atoms with Crippen LogP contribution in [0.5, 0.6) is 0 Å². The van der Waals surface area contributed by atoms with Crippen LogP contribution in [0, 0.1) is 6.92 Å². The number of carbonyl (C=O) groups excluding carboxylic acids is 2. The number of nitrogens with one attached hydrogen (secondary N) is 1. The second-order valence-electron chi connectivity index (χ2n) is 7.08. The van der Waals surface area contributed by atoms with Crippen LogP contribution in [-0.2, 0) is 16.0 Å². The normalized spacial score (nSPS) is 13.9. The van der Waals surface area contributed by atoms with Crippen LogP contribution in [-0.4, -0.2) is 11.8 Å². The molecule has 0 atom stereocenters. The molecule has 0 saturated heterocycles. The monoisotopic (exact) mass is 382 g/mol. The first-order chi connectivity index (χ1) is 14.1. The van der Waals surface area contributed by atoms with Crippen molar-refractivity contribution in [3.05, 3.63) is 101 Å². The van der Waals surface area contributed by atoms with E-state index in [1.54, 1.807) is 0 Å². The van der Waals surface area contributed by atoms with Gasteiger partial charge in [0.05, 0.1) is 11.3 Å². The van der Waals surface area contributed by atoms with Crippen molar-refractivity contribution in [1.82, 2.24) is 0 Å². The van der Waals surface area contributed by atoms with Gasteiger partial charge < -0.3 is 5.32 Å². The van der Waals surface area contributed by atoms with E-state index in [1.807, 2.05) is 85.8 Å². The molecular formula is C25H22N2O2. The summed E-state index contributed by atoms with van der Waals surface area (Å²) in [6.07, 6.45) is 0.899. The van der Waals surface area contributed by atoms with Crippen LogP contribution in [0.3, 0.4) is 0 Å². The number of anilines is 2. The van der Waals surface area contributed by atoms with E-state index in [-0.39, 0.29) is 11.8 Å². The van der Waals surface area contributed by atoms with Crippen molar-refractivity contribution in [2.45, 2.75) is 20.3 Å². The summed E-state index contributed by atoms with van der Waals surface area (Å²) in [5.41, 5.74) is 4.98. The molecule has 3 aromatic carbocycles. The predicted molar refractivity (Wildman–Crippen MR) is 116 cm³/mol. The Kier molecular flexibility index (Phi) is 5.00. The molecule has 1 heterocycles. The maximum absolute atomic E-state index is 13.3. The Hall–Kier alpha value is -3.66. The highest BCUT2D eigenvalue weighted by atomic mass is 16.2. The summed E-state index contributed by atoms with van der Waals surface area (Å²) in [5.74, 6) is -0.666. The Morgan fingerprint density at radius 3 is 2.21 bits per heavy atom. The van der Waals surface area contributed by atoms with Crippen molar-refractivity contribution in [3.63, 3.8) is 0 Å². The second-order valence-corrected chi connectivity index (χ2v) is 7.08. The number of carbonyl (C=O) groups is 2. The summed E-state index contributed by atoms with van der Waals surface area (Å²) in [5, 5.41) is 3.20. The lowest BCUT2D eigenvalue weighted by Gasteiger charge is -2.16. The first-order valence-electron chi connectivity index (χ1n) is 9.69. The van der Waals surface area contributed by atoms with E-state index in [4.69, 9.17) is 0 Å². The van der Waals surface area contributed by atoms with E-state index in [0.29, 0.717) is 22.5 Å². The van der Waals surface area contributed by atoms with Crippen LogP contribution in [0.4, 0.5) is 11.4 Å². The SMILES string of the molecule is CCc1ccc(N2C(=O)C(Nc3cccc(C)c3)=C(c3ccccc3)C2=O)cc1. The topological polar surface area (TPSA) is 49.4 Å². The minimum Gasteiger partial charge on any atom is -0.350 e. The van der Waals surface area contributed by atoms with Gasteiger partial charge in [-0.05, 0) is 54.3 Å². The molecule has 0 radical (unpaired) electrons. The fourth-order valence-corrected chi connectivity index (χ4v) is 3.50. The number of amides is 2. The molecule has 1 aliphatic rings. The smallest absolute Gasteiger partial charge is 0.282 e. The molecule has 4 rings (SSSR count). The fourth-order valence-electron chi connectivity index (χ4n) is 3.50. The first-order valence-corrected chi connectivity index (χ1v) is 9.69. The van der Waals surface area contributed by atoms with Gasteiger partial charge in [0.25, 0.3) is 11.8 Å². The van der Waals surface area contributed by atoms with Crippen molar-refractivity contribution >= 4 is 28.8 Å². The van der Waals surface area contributed by atoms with Gasteiger partial charge in [0, 0.05) is 5.69 Å². The third kappa shape index (κ3) is 3.57. The molecule has 0 aromatic heterocycles. The zero-order chi connectivity index (χ0) is 20.4. The Labute approximate surface area is 170 Å². The van der Waals surface area contributed by atoms with E-state index in [2.05, 4.69) is 12.2 Å². The number of hydrogen-bond acceptors (Lipinski definition) is 3. The summed E-state index contributed by atoms with van der Waals surface area (Å²) in [7, 11) is 0. The van der Waals surface area contributed by atoms with Gasteiger partial charge in [0.15, 0.2) is 0 Å². The molecule has 2 amide bonds. The average molecular weight is 382 g/mol. The molecule has 0 unspecified atom stereocenters. The van der Waals surface area contributed by atoms with Crippen LogP contribution in [0.2, 0.25) is 0 Å². The largest absolute Gasteiger partial charge is 0.350 e. The number of benzene rings is 3. The van der Waals surface area contributed by atoms with E-state index >= 15 is 0 Å². The van der Waals surface area contributed by atoms with E-state index in [9.17, 15) is 9.59 Å². The van der Waals surface area contributed by atoms with Crippen molar-refractivity contribution < 1.29 is 9.59 Å². The van der Waals surface area contributed by atoms with Crippen molar-refractivity contribution in [2.24, 2.45) is 0 Å². The molecule has 0 saturated carbocycles. The van der Waals surface area contributed by atoms with Gasteiger partial charge in [-0.2, -0.15) is 0 Å². The summed E-state index contributed by atoms with van der Waals surface area (Å²) in [6, 6.07) is 24.6. The molecule has 4 nitrogen and oxygen atoms in total. The maximum atomic E-state index is 13.3. The van der Waals surface area contributed by atoms with Gasteiger partial charge in [-0.15, -0.1) is 0 Å². The predicted octanol–water partition coefficient (Wildman–Crippen LogP) is 4.95. The Balaban J connectivity index is 1.79. The van der Waals surface area contributed by atoms with Gasteiger partial charge in [0.1, 0.15) is 5.70 Å². The van der Waals surface area contributed by atoms with Gasteiger partial charge in [0.2, 0.25) is 0 Å². The molecule has 29 heavy (non-hydrogen) atoms. The molecule has 1 aliphatic heterocycles. The summed E-state index contributed by atoms with van der Waals surface area (Å²) in [4.78, 5) is 27.9.